The summed E-state index contributed by atoms with van der Waals surface area (Å²) in [5, 5.41) is 10.8. The molecule has 1 aliphatic heterocycles. The topological polar surface area (TPSA) is 119 Å². The Morgan fingerprint density at radius 1 is 1.11 bits per heavy atom. The fourth-order valence-electron chi connectivity index (χ4n) is 2.72. The van der Waals surface area contributed by atoms with Crippen molar-refractivity contribution < 1.29 is 14.3 Å². The van der Waals surface area contributed by atoms with E-state index in [-0.39, 0.29) is 36.8 Å². The highest BCUT2D eigenvalue weighted by atomic mass is 16.7. The second-order valence-corrected chi connectivity index (χ2v) is 6.15. The molecule has 0 saturated carbocycles. The van der Waals surface area contributed by atoms with Crippen LogP contribution < -0.4 is 20.3 Å². The quantitative estimate of drug-likeness (QED) is 0.660. The first-order chi connectivity index (χ1) is 13.7. The highest BCUT2D eigenvalue weighted by Crippen LogP contribution is 2.34. The number of aromatic amines is 1. The lowest BCUT2D eigenvalue weighted by Gasteiger charge is -2.05. The van der Waals surface area contributed by atoms with E-state index in [2.05, 4.69) is 25.5 Å². The Balaban J connectivity index is 1.37. The van der Waals surface area contributed by atoms with Crippen LogP contribution in [0.5, 0.6) is 11.5 Å². The molecule has 28 heavy (non-hydrogen) atoms. The first-order valence-electron chi connectivity index (χ1n) is 8.70. The number of carbonyl (C=O) groups excluding carboxylic acids is 1. The standard InChI is InChI=1S/C19H17N5O4/c25-17(21-10-12-5-7-20-8-6-12)4-2-14-19(26)22-18(24-23-14)13-1-3-15-16(9-13)28-11-27-15/h1,3,5-9H,2,4,10-11H2,(H,21,25)(H,22,24,26). The van der Waals surface area contributed by atoms with E-state index in [0.717, 1.165) is 5.56 Å². The molecule has 1 aliphatic rings. The molecule has 0 radical (unpaired) electrons. The summed E-state index contributed by atoms with van der Waals surface area (Å²) < 4.78 is 10.6. The fourth-order valence-corrected chi connectivity index (χ4v) is 2.72. The highest BCUT2D eigenvalue weighted by Gasteiger charge is 2.15. The Hall–Kier alpha value is -3.75. The Labute approximate surface area is 159 Å². The number of nitrogens with zero attached hydrogens (tertiary/aromatic N) is 3. The van der Waals surface area contributed by atoms with Crippen molar-refractivity contribution in [3.05, 3.63) is 64.3 Å². The normalized spacial score (nSPS) is 12.0. The number of benzene rings is 1. The molecular formula is C19H17N5O4. The summed E-state index contributed by atoms with van der Waals surface area (Å²) in [6, 6.07) is 8.89. The maximum atomic E-state index is 12.3. The zero-order chi connectivity index (χ0) is 19.3. The molecular weight excluding hydrogens is 362 g/mol. The van der Waals surface area contributed by atoms with Gasteiger partial charge in [0.2, 0.25) is 12.7 Å². The fraction of sp³-hybridized carbons (Fsp3) is 0.211. The number of rotatable bonds is 6. The predicted molar refractivity (Wildman–Crippen MR) is 98.6 cm³/mol. The van der Waals surface area contributed by atoms with Crippen LogP contribution in [0, 0.1) is 0 Å². The van der Waals surface area contributed by atoms with Gasteiger partial charge >= 0.3 is 0 Å². The van der Waals surface area contributed by atoms with Gasteiger partial charge in [-0.3, -0.25) is 14.6 Å². The molecule has 0 bridgehead atoms. The van der Waals surface area contributed by atoms with Gasteiger partial charge in [-0.15, -0.1) is 10.2 Å². The van der Waals surface area contributed by atoms with Crippen molar-refractivity contribution in [2.45, 2.75) is 19.4 Å². The number of hydrogen-bond acceptors (Lipinski definition) is 7. The van der Waals surface area contributed by atoms with Crippen molar-refractivity contribution in [1.82, 2.24) is 25.5 Å². The number of fused-ring (bicyclic) bond motifs is 1. The molecule has 0 unspecified atom stereocenters. The molecule has 9 heteroatoms. The van der Waals surface area contributed by atoms with Gasteiger partial charge < -0.3 is 19.8 Å². The van der Waals surface area contributed by atoms with E-state index < -0.39 is 0 Å². The highest BCUT2D eigenvalue weighted by molar-refractivity contribution is 5.76. The molecule has 142 valence electrons. The summed E-state index contributed by atoms with van der Waals surface area (Å²) in [6.07, 6.45) is 3.68. The first-order valence-corrected chi connectivity index (χ1v) is 8.70. The van der Waals surface area contributed by atoms with Crippen molar-refractivity contribution >= 4 is 5.91 Å². The van der Waals surface area contributed by atoms with Crippen LogP contribution in [0.3, 0.4) is 0 Å². The average molecular weight is 379 g/mol. The van der Waals surface area contributed by atoms with Gasteiger partial charge in [0.25, 0.3) is 5.56 Å². The maximum Gasteiger partial charge on any atom is 0.273 e. The lowest BCUT2D eigenvalue weighted by atomic mass is 10.2. The molecule has 0 spiro atoms. The second-order valence-electron chi connectivity index (χ2n) is 6.15. The molecule has 1 amide bonds. The number of hydrogen-bond donors (Lipinski definition) is 2. The Kier molecular flexibility index (Phi) is 4.96. The van der Waals surface area contributed by atoms with Crippen LogP contribution in [0.25, 0.3) is 11.4 Å². The summed E-state index contributed by atoms with van der Waals surface area (Å²) in [6.45, 7) is 0.579. The molecule has 9 nitrogen and oxygen atoms in total. The SMILES string of the molecule is O=C(CCc1nnc(-c2ccc3c(c2)OCO3)[nH]c1=O)NCc1ccncc1. The summed E-state index contributed by atoms with van der Waals surface area (Å²) in [5.41, 5.74) is 1.46. The Morgan fingerprint density at radius 3 is 2.75 bits per heavy atom. The molecule has 2 N–H and O–H groups in total. The molecule has 4 rings (SSSR count). The zero-order valence-electron chi connectivity index (χ0n) is 14.8. The van der Waals surface area contributed by atoms with Crippen LogP contribution in [0.15, 0.2) is 47.5 Å². The van der Waals surface area contributed by atoms with Crippen LogP contribution >= 0.6 is 0 Å². The minimum atomic E-state index is -0.371. The molecule has 0 saturated heterocycles. The molecule has 2 aromatic heterocycles. The maximum absolute atomic E-state index is 12.3. The van der Waals surface area contributed by atoms with Gasteiger partial charge in [-0.2, -0.15) is 0 Å². The van der Waals surface area contributed by atoms with Crippen LogP contribution in [0.2, 0.25) is 0 Å². The van der Waals surface area contributed by atoms with Gasteiger partial charge in [-0.25, -0.2) is 0 Å². The summed E-state index contributed by atoms with van der Waals surface area (Å²) in [7, 11) is 0. The average Bonchev–Trinajstić information content (AvgIpc) is 3.20. The Bertz CT molecular complexity index is 1050. The van der Waals surface area contributed by atoms with E-state index in [0.29, 0.717) is 29.4 Å². The van der Waals surface area contributed by atoms with Crippen molar-refractivity contribution in [1.29, 1.82) is 0 Å². The molecule has 1 aromatic carbocycles. The van der Waals surface area contributed by atoms with Gasteiger partial charge in [0.1, 0.15) is 5.69 Å². The molecule has 3 aromatic rings. The third-order valence-electron chi connectivity index (χ3n) is 4.24. The lowest BCUT2D eigenvalue weighted by molar-refractivity contribution is -0.121. The number of carbonyl (C=O) groups is 1. The van der Waals surface area contributed by atoms with Crippen LogP contribution in [0.4, 0.5) is 0 Å². The molecule has 0 aliphatic carbocycles. The number of amides is 1. The van der Waals surface area contributed by atoms with Crippen molar-refractivity contribution in [2.24, 2.45) is 0 Å². The smallest absolute Gasteiger partial charge is 0.273 e. The number of aromatic nitrogens is 4. The monoisotopic (exact) mass is 379 g/mol. The predicted octanol–water partition coefficient (Wildman–Crippen LogP) is 1.20. The summed E-state index contributed by atoms with van der Waals surface area (Å²) in [5.74, 6) is 1.40. The number of aryl methyl sites for hydroxylation is 1. The van der Waals surface area contributed by atoms with Crippen LogP contribution in [-0.2, 0) is 17.8 Å². The van der Waals surface area contributed by atoms with Gasteiger partial charge in [0.05, 0.1) is 0 Å². The Morgan fingerprint density at radius 2 is 1.93 bits per heavy atom. The van der Waals surface area contributed by atoms with Gasteiger partial charge in [0, 0.05) is 37.3 Å². The number of ether oxygens (including phenoxy) is 2. The molecule has 0 fully saturated rings. The third-order valence-corrected chi connectivity index (χ3v) is 4.24. The van der Waals surface area contributed by atoms with E-state index >= 15 is 0 Å². The number of nitrogens with one attached hydrogen (secondary N) is 2. The van der Waals surface area contributed by atoms with E-state index in [9.17, 15) is 9.59 Å². The van der Waals surface area contributed by atoms with Crippen molar-refractivity contribution in [3.63, 3.8) is 0 Å². The summed E-state index contributed by atoms with van der Waals surface area (Å²) in [4.78, 5) is 30.9. The van der Waals surface area contributed by atoms with Gasteiger partial charge in [-0.05, 0) is 35.9 Å². The number of H-pyrrole nitrogens is 1. The lowest BCUT2D eigenvalue weighted by Crippen LogP contribution is -2.25. The first kappa shape index (κ1) is 17.7. The van der Waals surface area contributed by atoms with E-state index in [1.54, 1.807) is 30.6 Å². The second kappa shape index (κ2) is 7.87. The number of pyridine rings is 1. The van der Waals surface area contributed by atoms with Crippen molar-refractivity contribution in [2.75, 3.05) is 6.79 Å². The van der Waals surface area contributed by atoms with E-state index in [1.807, 2.05) is 12.1 Å². The van der Waals surface area contributed by atoms with E-state index in [4.69, 9.17) is 9.47 Å². The van der Waals surface area contributed by atoms with E-state index in [1.165, 1.54) is 0 Å². The minimum Gasteiger partial charge on any atom is -0.454 e. The largest absolute Gasteiger partial charge is 0.454 e. The molecule has 3 heterocycles. The van der Waals surface area contributed by atoms with Crippen LogP contribution in [-0.4, -0.2) is 32.9 Å². The minimum absolute atomic E-state index is 0.145. The van der Waals surface area contributed by atoms with Crippen LogP contribution in [0.1, 0.15) is 17.7 Å². The molecule has 0 atom stereocenters. The van der Waals surface area contributed by atoms with Gasteiger partial charge in [0.15, 0.2) is 17.3 Å². The zero-order valence-corrected chi connectivity index (χ0v) is 14.8. The summed E-state index contributed by atoms with van der Waals surface area (Å²) >= 11 is 0. The van der Waals surface area contributed by atoms with Crippen molar-refractivity contribution in [3.8, 4) is 22.9 Å². The van der Waals surface area contributed by atoms with Gasteiger partial charge in [-0.1, -0.05) is 0 Å². The third kappa shape index (κ3) is 3.98.